The van der Waals surface area contributed by atoms with Crippen LogP contribution in [-0.2, 0) is 61.8 Å². The Morgan fingerprint density at radius 1 is 0.794 bits per heavy atom. The van der Waals surface area contributed by atoms with Crippen LogP contribution in [0, 0.1) is 35.5 Å². The van der Waals surface area contributed by atoms with Crippen LogP contribution in [0.3, 0.4) is 0 Å². The van der Waals surface area contributed by atoms with Crippen molar-refractivity contribution in [2.75, 3.05) is 56.8 Å². The van der Waals surface area contributed by atoms with Gasteiger partial charge in [-0.1, -0.05) is 95.2 Å². The van der Waals surface area contributed by atoms with E-state index in [4.69, 9.17) is 42.6 Å². The molecule has 2 bridgehead atoms. The number of fused-ring (bicyclic) bond motifs is 2. The molecule has 386 valence electrons. The Bertz CT molecular complexity index is 1700. The number of Topliss-reactive ketones (excluding diaryl/α,β-unsaturated/α-hetero) is 1. The van der Waals surface area contributed by atoms with Crippen molar-refractivity contribution in [2.24, 2.45) is 35.5 Å². The zero-order valence-electron chi connectivity index (χ0n) is 43.9. The highest BCUT2D eigenvalue weighted by atomic mass is 16.6. The van der Waals surface area contributed by atoms with Gasteiger partial charge in [-0.25, -0.2) is 9.59 Å². The predicted molar refractivity (Wildman–Crippen MR) is 264 cm³/mol. The van der Waals surface area contributed by atoms with Crippen molar-refractivity contribution in [1.82, 2.24) is 4.90 Å². The molecule has 0 unspecified atom stereocenters. The lowest BCUT2D eigenvalue weighted by Gasteiger charge is -2.35. The van der Waals surface area contributed by atoms with E-state index in [0.717, 1.165) is 11.1 Å². The molecule has 68 heavy (non-hydrogen) atoms. The molecular formula is C54H87NO13. The highest BCUT2D eigenvalue weighted by Gasteiger charge is 2.37. The van der Waals surface area contributed by atoms with Gasteiger partial charge in [0.1, 0.15) is 18.0 Å². The maximum atomic E-state index is 13.7. The largest absolute Gasteiger partial charge is 0.458 e. The number of hydrogen-bond donors (Lipinski definition) is 0. The van der Waals surface area contributed by atoms with Crippen LogP contribution >= 0.6 is 0 Å². The van der Waals surface area contributed by atoms with Gasteiger partial charge in [0.2, 0.25) is 6.41 Å². The van der Waals surface area contributed by atoms with Gasteiger partial charge in [-0.2, -0.15) is 0 Å². The maximum absolute atomic E-state index is 13.7. The topological polar surface area (TPSA) is 155 Å². The molecular weight excluding hydrogens is 871 g/mol. The summed E-state index contributed by atoms with van der Waals surface area (Å²) >= 11 is 0. The van der Waals surface area contributed by atoms with Gasteiger partial charge in [-0.15, -0.1) is 0 Å². The Morgan fingerprint density at radius 3 is 2.00 bits per heavy atom. The first kappa shape index (κ1) is 60.4. The van der Waals surface area contributed by atoms with Crippen molar-refractivity contribution in [1.29, 1.82) is 0 Å². The fourth-order valence-electron chi connectivity index (χ4n) is 9.37. The van der Waals surface area contributed by atoms with Crippen molar-refractivity contribution in [3.63, 3.8) is 0 Å². The highest BCUT2D eigenvalue weighted by molar-refractivity contribution is 5.84. The quantitative estimate of drug-likeness (QED) is 0.0691. The minimum Gasteiger partial charge on any atom is -0.458 e. The molecule has 2 heterocycles. The van der Waals surface area contributed by atoms with E-state index in [2.05, 4.69) is 19.9 Å². The van der Waals surface area contributed by atoms with Gasteiger partial charge >= 0.3 is 11.9 Å². The van der Waals surface area contributed by atoms with Gasteiger partial charge in [-0.3, -0.25) is 9.59 Å². The molecule has 0 spiro atoms. The number of rotatable bonds is 19. The van der Waals surface area contributed by atoms with Crippen LogP contribution in [0.4, 0.5) is 0 Å². The molecule has 0 saturated carbocycles. The molecule has 1 amide bonds. The van der Waals surface area contributed by atoms with Crippen molar-refractivity contribution in [3.8, 4) is 0 Å². The summed E-state index contributed by atoms with van der Waals surface area (Å²) < 4.78 is 53.8. The molecule has 0 saturated heterocycles. The number of hydrogen-bond acceptors (Lipinski definition) is 13. The minimum absolute atomic E-state index is 0.0107. The lowest BCUT2D eigenvalue weighted by molar-refractivity contribution is -0.152. The van der Waals surface area contributed by atoms with E-state index in [1.807, 2.05) is 65.0 Å². The van der Waals surface area contributed by atoms with Crippen LogP contribution in [0.1, 0.15) is 99.8 Å². The summed E-state index contributed by atoms with van der Waals surface area (Å²) in [7, 11) is 13.3. The van der Waals surface area contributed by atoms with E-state index < -0.39 is 12.1 Å². The van der Waals surface area contributed by atoms with Crippen LogP contribution in [0.25, 0.3) is 0 Å². The number of ketones is 1. The number of nitrogens with zero attached hydrogens (tertiary/aromatic N) is 1. The Hall–Kier alpha value is -3.76. The van der Waals surface area contributed by atoms with Gasteiger partial charge in [0, 0.05) is 130 Å². The number of methoxy groups -OCH3 is 7. The fraction of sp³-hybridized carbons (Fsp3) is 0.704. The predicted octanol–water partition coefficient (Wildman–Crippen LogP) is 8.59. The monoisotopic (exact) mass is 958 g/mol. The minimum atomic E-state index is -0.609. The zero-order chi connectivity index (χ0) is 50.9. The molecule has 15 atom stereocenters. The zero-order valence-corrected chi connectivity index (χ0v) is 43.9. The molecule has 2 aliphatic rings. The number of allylic oxidation sites excluding steroid dienone is 2. The van der Waals surface area contributed by atoms with E-state index in [1.54, 1.807) is 75.2 Å². The standard InChI is InChI=1S/C54H87NO13/c1-35-18-16-20-51(58)68-54(41(7)53(66-15)37(3)23-26-46(57)39(5)47(63-12)19-17-27-55(8)34-56)38(4)22-25-43(60-9)32-48(64-13)36(2)21-24-44(61-10)33-49(65-14)40(6)50-30-42(31-52(59)67-50)29-45(28-35)62-11/h16-18,20-22,24-25,27,31,34,36-41,43-45,47-50,53-54H,19,23,26,28-30,32-33H2,1-15H3/b20-16+,24-21+,25-22+,27-17+,35-18+/t36-,37-,38-,39-,40+,41-,43-,44-,45-,47+,48-,49+,50+,53-,54-/m0/s1. The van der Waals surface area contributed by atoms with E-state index in [9.17, 15) is 19.2 Å². The number of esters is 2. The first-order valence-corrected chi connectivity index (χ1v) is 24.3. The lowest BCUT2D eigenvalue weighted by atomic mass is 9.81. The average molecular weight is 958 g/mol. The molecule has 14 heteroatoms. The van der Waals surface area contributed by atoms with Gasteiger partial charge in [0.05, 0.1) is 42.7 Å². The van der Waals surface area contributed by atoms with Crippen molar-refractivity contribution < 1.29 is 61.8 Å². The molecule has 0 radical (unpaired) electrons. The summed E-state index contributed by atoms with van der Waals surface area (Å²) in [4.78, 5) is 52.5. The second-order valence-corrected chi connectivity index (χ2v) is 18.9. The fourth-order valence-corrected chi connectivity index (χ4v) is 9.37. The van der Waals surface area contributed by atoms with Gasteiger partial charge in [0.25, 0.3) is 0 Å². The molecule has 0 aliphatic carbocycles. The first-order valence-electron chi connectivity index (χ1n) is 24.3. The Labute approximate surface area is 408 Å². The molecule has 0 N–H and O–H groups in total. The molecule has 0 fully saturated rings. The second kappa shape index (κ2) is 32.2. The van der Waals surface area contributed by atoms with Crippen LogP contribution < -0.4 is 0 Å². The molecule has 2 rings (SSSR count). The normalized spacial score (nSPS) is 31.9. The van der Waals surface area contributed by atoms with E-state index in [-0.39, 0.29) is 96.1 Å². The summed E-state index contributed by atoms with van der Waals surface area (Å²) in [5.74, 6) is -1.91. The second-order valence-electron chi connectivity index (χ2n) is 18.9. The smallest absolute Gasteiger partial charge is 0.331 e. The van der Waals surface area contributed by atoms with Crippen molar-refractivity contribution in [3.05, 3.63) is 72.0 Å². The molecule has 14 nitrogen and oxygen atoms in total. The molecule has 0 aromatic rings. The number of cyclic esters (lactones) is 1. The summed E-state index contributed by atoms with van der Waals surface area (Å²) in [5.41, 5.74) is 1.93. The van der Waals surface area contributed by atoms with Crippen LogP contribution in [0.15, 0.2) is 72.0 Å². The van der Waals surface area contributed by atoms with E-state index in [0.29, 0.717) is 57.8 Å². The SMILES string of the molecule is CO[C@@H]1CC2=CC(=O)O[C@H](C2)[C@H](C)[C@H](OC)C[C@@H](OC)/C=C/[C@H](C)[C@@H](OC)C[C@@H](OC)/C=C/[C@H](C)[C@@H]([C@@H](C)[C@@H](OC)[C@@H](C)CCC(=O)[C@H](C)[C@@H](C/C=C/N(C)C=O)OC)OC(=O)/C=C/C=C(\C)C1. The number of carbonyl (C=O) groups excluding carboxylic acids is 4. The Kier molecular flexibility index (Phi) is 28.6. The average Bonchev–Trinajstić information content (AvgIpc) is 3.32. The van der Waals surface area contributed by atoms with E-state index >= 15 is 0 Å². The maximum Gasteiger partial charge on any atom is 0.331 e. The Balaban J connectivity index is 2.49. The molecule has 0 aromatic heterocycles. The molecule has 2 aliphatic heterocycles. The van der Waals surface area contributed by atoms with Gasteiger partial charge in [-0.05, 0) is 38.5 Å². The van der Waals surface area contributed by atoms with Crippen LogP contribution in [-0.4, -0.2) is 141 Å². The van der Waals surface area contributed by atoms with Crippen molar-refractivity contribution >= 4 is 24.1 Å². The summed E-state index contributed by atoms with van der Waals surface area (Å²) in [6.45, 7) is 14.1. The van der Waals surface area contributed by atoms with Crippen molar-refractivity contribution in [2.45, 2.75) is 155 Å². The third kappa shape index (κ3) is 20.3. The first-order chi connectivity index (χ1) is 32.4. The third-order valence-corrected chi connectivity index (χ3v) is 13.9. The summed E-state index contributed by atoms with van der Waals surface area (Å²) in [5, 5.41) is 0. The number of carbonyl (C=O) groups is 4. The summed E-state index contributed by atoms with van der Waals surface area (Å²) in [6, 6.07) is 0. The highest BCUT2D eigenvalue weighted by Crippen LogP contribution is 2.33. The van der Waals surface area contributed by atoms with Crippen LogP contribution in [0.5, 0.6) is 0 Å². The third-order valence-electron chi connectivity index (χ3n) is 13.9. The van der Waals surface area contributed by atoms with Crippen LogP contribution in [0.2, 0.25) is 0 Å². The molecule has 0 aromatic carbocycles. The number of ether oxygens (including phenoxy) is 9. The van der Waals surface area contributed by atoms with Gasteiger partial charge < -0.3 is 47.5 Å². The van der Waals surface area contributed by atoms with E-state index in [1.165, 1.54) is 11.0 Å². The summed E-state index contributed by atoms with van der Waals surface area (Å²) in [6.07, 6.45) is 20.1. The number of amides is 1. The lowest BCUT2D eigenvalue weighted by Crippen LogP contribution is -2.41. The Morgan fingerprint density at radius 2 is 1.43 bits per heavy atom. The van der Waals surface area contributed by atoms with Gasteiger partial charge in [0.15, 0.2) is 0 Å².